The molecule has 6 nitrogen and oxygen atoms in total. The molecule has 0 saturated heterocycles. The van der Waals surface area contributed by atoms with E-state index in [0.717, 1.165) is 35.1 Å². The zero-order valence-corrected chi connectivity index (χ0v) is 12.6. The Morgan fingerprint density at radius 2 is 2.00 bits per heavy atom. The summed E-state index contributed by atoms with van der Waals surface area (Å²) in [7, 11) is 2.00. The number of benzene rings is 1. The Labute approximate surface area is 124 Å². The number of nitrogens with one attached hydrogen (secondary N) is 1. The lowest BCUT2D eigenvalue weighted by Crippen LogP contribution is -2.20. The molecule has 0 amide bonds. The van der Waals surface area contributed by atoms with Crippen LogP contribution in [0.2, 0.25) is 0 Å². The third-order valence-electron chi connectivity index (χ3n) is 3.83. The summed E-state index contributed by atoms with van der Waals surface area (Å²) in [6.07, 6.45) is 0.890. The molecule has 2 heterocycles. The molecule has 0 radical (unpaired) electrons. The van der Waals surface area contributed by atoms with E-state index in [1.807, 2.05) is 23.7 Å². The Hall–Kier alpha value is -2.08. The summed E-state index contributed by atoms with van der Waals surface area (Å²) in [6, 6.07) is 6.22. The molecule has 1 atom stereocenters. The van der Waals surface area contributed by atoms with Crippen molar-refractivity contribution in [3.63, 3.8) is 0 Å². The number of fused-ring (bicyclic) bond motifs is 1. The molecule has 1 aliphatic rings. The molecule has 0 bridgehead atoms. The SMILES string of the molecule is CCc1nnc(CN[C@H](C)c2ccc3c(c2)OCO3)n1C. The number of hydrogen-bond acceptors (Lipinski definition) is 5. The molecule has 1 aliphatic heterocycles. The average Bonchev–Trinajstić information content (AvgIpc) is 3.10. The molecule has 112 valence electrons. The normalized spacial score (nSPS) is 14.4. The number of aromatic nitrogens is 3. The maximum Gasteiger partial charge on any atom is 0.231 e. The zero-order valence-electron chi connectivity index (χ0n) is 12.6. The van der Waals surface area contributed by atoms with Gasteiger partial charge in [-0.05, 0) is 24.6 Å². The van der Waals surface area contributed by atoms with Crippen LogP contribution in [0.15, 0.2) is 18.2 Å². The van der Waals surface area contributed by atoms with Gasteiger partial charge < -0.3 is 19.4 Å². The van der Waals surface area contributed by atoms with Crippen LogP contribution in [-0.4, -0.2) is 21.6 Å². The summed E-state index contributed by atoms with van der Waals surface area (Å²) in [6.45, 7) is 5.18. The highest BCUT2D eigenvalue weighted by Crippen LogP contribution is 2.34. The van der Waals surface area contributed by atoms with Gasteiger partial charge in [0.1, 0.15) is 11.6 Å². The minimum atomic E-state index is 0.196. The largest absolute Gasteiger partial charge is 0.454 e. The van der Waals surface area contributed by atoms with E-state index in [0.29, 0.717) is 13.3 Å². The Kier molecular flexibility index (Phi) is 3.79. The first-order chi connectivity index (χ1) is 10.2. The van der Waals surface area contributed by atoms with Gasteiger partial charge in [0, 0.05) is 19.5 Å². The first kappa shape index (κ1) is 13.9. The van der Waals surface area contributed by atoms with E-state index in [2.05, 4.69) is 35.4 Å². The minimum Gasteiger partial charge on any atom is -0.454 e. The predicted molar refractivity (Wildman–Crippen MR) is 78.2 cm³/mol. The van der Waals surface area contributed by atoms with Crippen LogP contribution >= 0.6 is 0 Å². The second-order valence-corrected chi connectivity index (χ2v) is 5.16. The van der Waals surface area contributed by atoms with Crippen LogP contribution in [0.5, 0.6) is 11.5 Å². The number of aryl methyl sites for hydroxylation is 1. The van der Waals surface area contributed by atoms with Gasteiger partial charge in [-0.3, -0.25) is 0 Å². The summed E-state index contributed by atoms with van der Waals surface area (Å²) >= 11 is 0. The standard InChI is InChI=1S/C15H20N4O2/c1-4-14-17-18-15(19(14)3)8-16-10(2)11-5-6-12-13(7-11)21-9-20-12/h5-7,10,16H,4,8-9H2,1-3H3/t10-/m1/s1. The number of hydrogen-bond donors (Lipinski definition) is 1. The first-order valence-electron chi connectivity index (χ1n) is 7.19. The van der Waals surface area contributed by atoms with Gasteiger partial charge >= 0.3 is 0 Å². The van der Waals surface area contributed by atoms with E-state index in [-0.39, 0.29) is 6.04 Å². The molecule has 0 spiro atoms. The van der Waals surface area contributed by atoms with Crippen molar-refractivity contribution in [3.05, 3.63) is 35.4 Å². The molecule has 3 rings (SSSR count). The Morgan fingerprint density at radius 1 is 1.24 bits per heavy atom. The van der Waals surface area contributed by atoms with Gasteiger partial charge in [0.05, 0.1) is 6.54 Å². The Morgan fingerprint density at radius 3 is 2.76 bits per heavy atom. The topological polar surface area (TPSA) is 61.2 Å². The number of rotatable bonds is 5. The number of nitrogens with zero attached hydrogens (tertiary/aromatic N) is 3. The van der Waals surface area contributed by atoms with Gasteiger partial charge in [-0.25, -0.2) is 0 Å². The zero-order chi connectivity index (χ0) is 14.8. The van der Waals surface area contributed by atoms with Crippen LogP contribution < -0.4 is 14.8 Å². The molecule has 1 aromatic carbocycles. The van der Waals surface area contributed by atoms with E-state index in [1.165, 1.54) is 0 Å². The Bertz CT molecular complexity index is 639. The molecule has 6 heteroatoms. The second-order valence-electron chi connectivity index (χ2n) is 5.16. The lowest BCUT2D eigenvalue weighted by molar-refractivity contribution is 0.174. The lowest BCUT2D eigenvalue weighted by atomic mass is 10.1. The maximum atomic E-state index is 5.41. The summed E-state index contributed by atoms with van der Waals surface area (Å²) < 4.78 is 12.8. The van der Waals surface area contributed by atoms with Crippen LogP contribution in [-0.2, 0) is 20.0 Å². The predicted octanol–water partition coefficient (Wildman–Crippen LogP) is 1.96. The van der Waals surface area contributed by atoms with Gasteiger partial charge in [0.25, 0.3) is 0 Å². The van der Waals surface area contributed by atoms with Gasteiger partial charge in [0.2, 0.25) is 6.79 Å². The van der Waals surface area contributed by atoms with Crippen LogP contribution in [0.3, 0.4) is 0 Å². The molecule has 1 aromatic heterocycles. The third kappa shape index (κ3) is 2.71. The van der Waals surface area contributed by atoms with Crippen LogP contribution in [0.1, 0.15) is 37.1 Å². The van der Waals surface area contributed by atoms with E-state index in [1.54, 1.807) is 0 Å². The van der Waals surface area contributed by atoms with Crippen molar-refractivity contribution in [1.29, 1.82) is 0 Å². The van der Waals surface area contributed by atoms with Gasteiger partial charge in [-0.1, -0.05) is 13.0 Å². The molecule has 2 aromatic rings. The third-order valence-corrected chi connectivity index (χ3v) is 3.83. The lowest BCUT2D eigenvalue weighted by Gasteiger charge is -2.14. The van der Waals surface area contributed by atoms with E-state index in [4.69, 9.17) is 9.47 Å². The highest BCUT2D eigenvalue weighted by Gasteiger charge is 2.16. The molecule has 21 heavy (non-hydrogen) atoms. The molecule has 0 aliphatic carbocycles. The fourth-order valence-electron chi connectivity index (χ4n) is 2.41. The summed E-state index contributed by atoms with van der Waals surface area (Å²) in [5, 5.41) is 11.8. The fraction of sp³-hybridized carbons (Fsp3) is 0.467. The molecular weight excluding hydrogens is 268 g/mol. The summed E-state index contributed by atoms with van der Waals surface area (Å²) in [4.78, 5) is 0. The molecule has 1 N–H and O–H groups in total. The fourth-order valence-corrected chi connectivity index (χ4v) is 2.41. The number of ether oxygens (including phenoxy) is 2. The van der Waals surface area contributed by atoms with Crippen LogP contribution in [0.4, 0.5) is 0 Å². The molecule has 0 fully saturated rings. The van der Waals surface area contributed by atoms with Crippen molar-refractivity contribution in [1.82, 2.24) is 20.1 Å². The minimum absolute atomic E-state index is 0.196. The molecular formula is C15H20N4O2. The van der Waals surface area contributed by atoms with Gasteiger partial charge in [0.15, 0.2) is 11.5 Å². The first-order valence-corrected chi connectivity index (χ1v) is 7.19. The van der Waals surface area contributed by atoms with Crippen molar-refractivity contribution in [2.45, 2.75) is 32.9 Å². The van der Waals surface area contributed by atoms with E-state index >= 15 is 0 Å². The molecule has 0 unspecified atom stereocenters. The second kappa shape index (κ2) is 5.73. The van der Waals surface area contributed by atoms with Gasteiger partial charge in [-0.15, -0.1) is 10.2 Å². The van der Waals surface area contributed by atoms with Gasteiger partial charge in [-0.2, -0.15) is 0 Å². The van der Waals surface area contributed by atoms with Crippen molar-refractivity contribution < 1.29 is 9.47 Å². The highest BCUT2D eigenvalue weighted by molar-refractivity contribution is 5.45. The van der Waals surface area contributed by atoms with Crippen molar-refractivity contribution in [2.24, 2.45) is 7.05 Å². The molecule has 0 saturated carbocycles. The van der Waals surface area contributed by atoms with Crippen molar-refractivity contribution >= 4 is 0 Å². The Balaban J connectivity index is 1.66. The maximum absolute atomic E-state index is 5.41. The van der Waals surface area contributed by atoms with Crippen molar-refractivity contribution in [2.75, 3.05) is 6.79 Å². The smallest absolute Gasteiger partial charge is 0.231 e. The quantitative estimate of drug-likeness (QED) is 0.911. The highest BCUT2D eigenvalue weighted by atomic mass is 16.7. The summed E-state index contributed by atoms with van der Waals surface area (Å²) in [5.74, 6) is 3.57. The van der Waals surface area contributed by atoms with Crippen LogP contribution in [0.25, 0.3) is 0 Å². The summed E-state index contributed by atoms with van der Waals surface area (Å²) in [5.41, 5.74) is 1.16. The van der Waals surface area contributed by atoms with Crippen LogP contribution in [0, 0.1) is 0 Å². The van der Waals surface area contributed by atoms with E-state index in [9.17, 15) is 0 Å². The van der Waals surface area contributed by atoms with Crippen molar-refractivity contribution in [3.8, 4) is 11.5 Å². The van der Waals surface area contributed by atoms with E-state index < -0.39 is 0 Å². The monoisotopic (exact) mass is 288 g/mol. The average molecular weight is 288 g/mol.